The van der Waals surface area contributed by atoms with Crippen LogP contribution in [0.25, 0.3) is 0 Å². The van der Waals surface area contributed by atoms with Crippen LogP contribution in [0.2, 0.25) is 0 Å². The van der Waals surface area contributed by atoms with Crippen LogP contribution in [0.5, 0.6) is 0 Å². The molecule has 0 radical (unpaired) electrons. The Kier molecular flexibility index (Phi) is 4.15. The Bertz CT molecular complexity index is 617. The predicted octanol–water partition coefficient (Wildman–Crippen LogP) is 0.786. The lowest BCUT2D eigenvalue weighted by Gasteiger charge is -2.32. The summed E-state index contributed by atoms with van der Waals surface area (Å²) in [6.45, 7) is 4.87. The molecule has 1 aliphatic rings. The fourth-order valence-corrected chi connectivity index (χ4v) is 2.89. The molecular weight excluding hydrogens is 276 g/mol. The number of hydrogen-bond acceptors (Lipinski definition) is 4. The standard InChI is InChI=1S/C14H20N2O3S/c1-11-4-5-12(20(3,18)19)10-13(11)14(17)16-8-6-15(2)7-9-16/h4-5,10H,6-9H2,1-3H3. The van der Waals surface area contributed by atoms with Gasteiger partial charge in [0.2, 0.25) is 0 Å². The van der Waals surface area contributed by atoms with E-state index >= 15 is 0 Å². The maximum absolute atomic E-state index is 12.5. The van der Waals surface area contributed by atoms with E-state index in [4.69, 9.17) is 0 Å². The van der Waals surface area contributed by atoms with Crippen molar-refractivity contribution < 1.29 is 13.2 Å². The molecule has 1 aromatic carbocycles. The lowest BCUT2D eigenvalue weighted by Crippen LogP contribution is -2.47. The maximum atomic E-state index is 12.5. The summed E-state index contributed by atoms with van der Waals surface area (Å²) in [5.41, 5.74) is 1.29. The minimum Gasteiger partial charge on any atom is -0.336 e. The van der Waals surface area contributed by atoms with Gasteiger partial charge < -0.3 is 9.80 Å². The Hall–Kier alpha value is -1.40. The first-order chi connectivity index (χ1) is 9.29. The van der Waals surface area contributed by atoms with E-state index in [2.05, 4.69) is 4.90 Å². The van der Waals surface area contributed by atoms with Gasteiger partial charge >= 0.3 is 0 Å². The van der Waals surface area contributed by atoms with Crippen LogP contribution in [0.4, 0.5) is 0 Å². The molecule has 5 nitrogen and oxygen atoms in total. The Morgan fingerprint density at radius 2 is 1.75 bits per heavy atom. The first kappa shape index (κ1) is 15.0. The Morgan fingerprint density at radius 1 is 1.15 bits per heavy atom. The van der Waals surface area contributed by atoms with Gasteiger partial charge in [0.25, 0.3) is 5.91 Å². The van der Waals surface area contributed by atoms with E-state index in [1.807, 2.05) is 14.0 Å². The van der Waals surface area contributed by atoms with Gasteiger partial charge in [-0.15, -0.1) is 0 Å². The van der Waals surface area contributed by atoms with Crippen LogP contribution in [-0.2, 0) is 9.84 Å². The molecule has 0 aliphatic carbocycles. The number of likely N-dealkylation sites (N-methyl/N-ethyl adjacent to an activating group) is 1. The second-order valence-corrected chi connectivity index (χ2v) is 7.36. The zero-order valence-corrected chi connectivity index (χ0v) is 12.9. The van der Waals surface area contributed by atoms with Crippen molar-refractivity contribution in [2.75, 3.05) is 39.5 Å². The summed E-state index contributed by atoms with van der Waals surface area (Å²) in [5.74, 6) is -0.0823. The topological polar surface area (TPSA) is 57.7 Å². The second kappa shape index (κ2) is 5.54. The molecule has 1 aliphatic heterocycles. The SMILES string of the molecule is Cc1ccc(S(C)(=O)=O)cc1C(=O)N1CCN(C)CC1. The molecule has 1 fully saturated rings. The number of piperazine rings is 1. The minimum atomic E-state index is -3.29. The van der Waals surface area contributed by atoms with E-state index in [0.717, 1.165) is 24.9 Å². The van der Waals surface area contributed by atoms with Crippen LogP contribution in [0, 0.1) is 6.92 Å². The highest BCUT2D eigenvalue weighted by molar-refractivity contribution is 7.90. The minimum absolute atomic E-state index is 0.0823. The van der Waals surface area contributed by atoms with E-state index in [9.17, 15) is 13.2 Å². The first-order valence-corrected chi connectivity index (χ1v) is 8.47. The smallest absolute Gasteiger partial charge is 0.254 e. The molecule has 0 N–H and O–H groups in total. The molecule has 110 valence electrons. The van der Waals surface area contributed by atoms with Gasteiger partial charge in [0.1, 0.15) is 0 Å². The summed E-state index contributed by atoms with van der Waals surface area (Å²) in [6.07, 6.45) is 1.15. The average Bonchev–Trinajstić information content (AvgIpc) is 2.38. The largest absolute Gasteiger partial charge is 0.336 e. The molecule has 2 rings (SSSR count). The van der Waals surface area contributed by atoms with E-state index in [-0.39, 0.29) is 10.8 Å². The van der Waals surface area contributed by atoms with Gasteiger partial charge in [-0.2, -0.15) is 0 Å². The molecule has 0 spiro atoms. The summed E-state index contributed by atoms with van der Waals surface area (Å²) in [6, 6.07) is 4.73. The Morgan fingerprint density at radius 3 is 2.30 bits per heavy atom. The Balaban J connectivity index is 2.30. The first-order valence-electron chi connectivity index (χ1n) is 6.57. The van der Waals surface area contributed by atoms with Gasteiger partial charge in [0, 0.05) is 38.0 Å². The van der Waals surface area contributed by atoms with Crippen molar-refractivity contribution in [2.45, 2.75) is 11.8 Å². The number of rotatable bonds is 2. The highest BCUT2D eigenvalue weighted by Gasteiger charge is 2.22. The lowest BCUT2D eigenvalue weighted by molar-refractivity contribution is 0.0663. The summed E-state index contributed by atoms with van der Waals surface area (Å²) < 4.78 is 23.2. The molecule has 0 bridgehead atoms. The van der Waals surface area contributed by atoms with Crippen LogP contribution < -0.4 is 0 Å². The van der Waals surface area contributed by atoms with Gasteiger partial charge in [-0.3, -0.25) is 4.79 Å². The van der Waals surface area contributed by atoms with Gasteiger partial charge in [0.05, 0.1) is 4.90 Å². The number of aryl methyl sites for hydroxylation is 1. The van der Waals surface area contributed by atoms with Crippen molar-refractivity contribution in [1.29, 1.82) is 0 Å². The van der Waals surface area contributed by atoms with Crippen molar-refractivity contribution >= 4 is 15.7 Å². The van der Waals surface area contributed by atoms with Gasteiger partial charge in [-0.25, -0.2) is 8.42 Å². The van der Waals surface area contributed by atoms with E-state index in [1.54, 1.807) is 17.0 Å². The Labute approximate surface area is 120 Å². The van der Waals surface area contributed by atoms with E-state index < -0.39 is 9.84 Å². The predicted molar refractivity (Wildman–Crippen MR) is 77.7 cm³/mol. The summed E-state index contributed by atoms with van der Waals surface area (Å²) in [4.78, 5) is 16.7. The van der Waals surface area contributed by atoms with Crippen molar-refractivity contribution in [1.82, 2.24) is 9.80 Å². The molecule has 0 atom stereocenters. The van der Waals surface area contributed by atoms with Crippen LogP contribution in [-0.4, -0.2) is 63.6 Å². The highest BCUT2D eigenvalue weighted by atomic mass is 32.2. The van der Waals surface area contributed by atoms with Gasteiger partial charge in [-0.05, 0) is 31.7 Å². The molecule has 1 aromatic rings. The number of carbonyl (C=O) groups is 1. The maximum Gasteiger partial charge on any atom is 0.254 e. The van der Waals surface area contributed by atoms with Crippen molar-refractivity contribution in [3.8, 4) is 0 Å². The molecule has 1 heterocycles. The quantitative estimate of drug-likeness (QED) is 0.809. The van der Waals surface area contributed by atoms with Crippen molar-refractivity contribution in [3.63, 3.8) is 0 Å². The molecule has 0 aromatic heterocycles. The molecule has 0 unspecified atom stereocenters. The van der Waals surface area contributed by atoms with Crippen LogP contribution in [0.15, 0.2) is 23.1 Å². The van der Waals surface area contributed by atoms with Crippen molar-refractivity contribution in [3.05, 3.63) is 29.3 Å². The van der Waals surface area contributed by atoms with E-state index in [0.29, 0.717) is 18.7 Å². The zero-order chi connectivity index (χ0) is 14.9. The summed E-state index contributed by atoms with van der Waals surface area (Å²) >= 11 is 0. The number of nitrogens with zero attached hydrogens (tertiary/aromatic N) is 2. The molecule has 6 heteroatoms. The summed E-state index contributed by atoms with van der Waals surface area (Å²) in [7, 11) is -1.27. The average molecular weight is 296 g/mol. The van der Waals surface area contributed by atoms with Gasteiger partial charge in [-0.1, -0.05) is 6.07 Å². The number of sulfone groups is 1. The van der Waals surface area contributed by atoms with Crippen LogP contribution in [0.3, 0.4) is 0 Å². The monoisotopic (exact) mass is 296 g/mol. The van der Waals surface area contributed by atoms with E-state index in [1.165, 1.54) is 6.07 Å². The molecular formula is C14H20N2O3S. The molecule has 1 saturated heterocycles. The highest BCUT2D eigenvalue weighted by Crippen LogP contribution is 2.18. The molecule has 20 heavy (non-hydrogen) atoms. The number of benzene rings is 1. The normalized spacial score (nSPS) is 17.2. The second-order valence-electron chi connectivity index (χ2n) is 5.34. The third kappa shape index (κ3) is 3.19. The third-order valence-corrected chi connectivity index (χ3v) is 4.77. The molecule has 0 saturated carbocycles. The third-order valence-electron chi connectivity index (χ3n) is 3.66. The number of amides is 1. The fraction of sp³-hybridized carbons (Fsp3) is 0.500. The lowest BCUT2D eigenvalue weighted by atomic mass is 10.1. The fourth-order valence-electron chi connectivity index (χ4n) is 2.24. The number of carbonyl (C=O) groups excluding carboxylic acids is 1. The van der Waals surface area contributed by atoms with Crippen LogP contribution >= 0.6 is 0 Å². The summed E-state index contributed by atoms with van der Waals surface area (Å²) in [5, 5.41) is 0. The van der Waals surface area contributed by atoms with Gasteiger partial charge in [0.15, 0.2) is 9.84 Å². The van der Waals surface area contributed by atoms with Crippen LogP contribution in [0.1, 0.15) is 15.9 Å². The zero-order valence-electron chi connectivity index (χ0n) is 12.1. The number of hydrogen-bond donors (Lipinski definition) is 0. The van der Waals surface area contributed by atoms with Crippen molar-refractivity contribution in [2.24, 2.45) is 0 Å². The molecule has 1 amide bonds.